The van der Waals surface area contributed by atoms with E-state index in [1.807, 2.05) is 0 Å². The Morgan fingerprint density at radius 1 is 0.950 bits per heavy atom. The van der Waals surface area contributed by atoms with Crippen LogP contribution in [-0.2, 0) is 0 Å². The summed E-state index contributed by atoms with van der Waals surface area (Å²) in [4.78, 5) is 12.3. The second-order valence-electron chi connectivity index (χ2n) is 4.02. The third-order valence-electron chi connectivity index (χ3n) is 2.82. The van der Waals surface area contributed by atoms with Gasteiger partial charge in [-0.1, -0.05) is 0 Å². The fraction of sp³-hybridized carbons (Fsp3) is 0.133. The zero-order chi connectivity index (χ0) is 14.7. The zero-order valence-corrected chi connectivity index (χ0v) is 10.9. The van der Waals surface area contributed by atoms with Crippen LogP contribution in [0.2, 0.25) is 0 Å². The summed E-state index contributed by atoms with van der Waals surface area (Å²) in [6.07, 6.45) is 0. The van der Waals surface area contributed by atoms with Crippen molar-refractivity contribution in [2.45, 2.75) is 0 Å². The van der Waals surface area contributed by atoms with E-state index in [4.69, 9.17) is 9.47 Å². The first-order valence-corrected chi connectivity index (χ1v) is 5.78. The molecule has 0 spiro atoms. The standard InChI is InChI=1S/C15H12F2O3/c1-19-13-6-4-10(16)8-11(13)15(18)9-3-5-12(17)14(7-9)20-2/h3-8H,1-2H3. The Kier molecular flexibility index (Phi) is 3.98. The normalized spacial score (nSPS) is 10.2. The molecule has 2 aromatic rings. The van der Waals surface area contributed by atoms with E-state index in [1.54, 1.807) is 0 Å². The molecule has 3 nitrogen and oxygen atoms in total. The van der Waals surface area contributed by atoms with Crippen molar-refractivity contribution >= 4 is 5.78 Å². The van der Waals surface area contributed by atoms with Gasteiger partial charge in [0, 0.05) is 5.56 Å². The molecule has 0 N–H and O–H groups in total. The van der Waals surface area contributed by atoms with Crippen molar-refractivity contribution in [1.29, 1.82) is 0 Å². The van der Waals surface area contributed by atoms with Crippen molar-refractivity contribution in [2.24, 2.45) is 0 Å². The maximum Gasteiger partial charge on any atom is 0.196 e. The number of halogens is 2. The van der Waals surface area contributed by atoms with Crippen LogP contribution >= 0.6 is 0 Å². The van der Waals surface area contributed by atoms with E-state index < -0.39 is 17.4 Å². The number of hydrogen-bond acceptors (Lipinski definition) is 3. The van der Waals surface area contributed by atoms with E-state index in [-0.39, 0.29) is 22.6 Å². The lowest BCUT2D eigenvalue weighted by atomic mass is 10.0. The van der Waals surface area contributed by atoms with Gasteiger partial charge in [0.05, 0.1) is 19.8 Å². The minimum absolute atomic E-state index is 0.0498. The summed E-state index contributed by atoms with van der Waals surface area (Å²) in [7, 11) is 2.69. The number of methoxy groups -OCH3 is 2. The van der Waals surface area contributed by atoms with E-state index in [9.17, 15) is 13.6 Å². The van der Waals surface area contributed by atoms with Crippen LogP contribution < -0.4 is 9.47 Å². The van der Waals surface area contributed by atoms with Crippen LogP contribution in [0.15, 0.2) is 36.4 Å². The molecule has 0 aliphatic heterocycles. The van der Waals surface area contributed by atoms with Crippen molar-refractivity contribution in [3.63, 3.8) is 0 Å². The van der Waals surface area contributed by atoms with Gasteiger partial charge in [0.2, 0.25) is 0 Å². The zero-order valence-electron chi connectivity index (χ0n) is 10.9. The SMILES string of the molecule is COc1cc(C(=O)c2cc(F)ccc2OC)ccc1F. The Hall–Kier alpha value is -2.43. The monoisotopic (exact) mass is 278 g/mol. The molecule has 0 heterocycles. The second kappa shape index (κ2) is 5.69. The molecule has 0 radical (unpaired) electrons. The van der Waals surface area contributed by atoms with Crippen LogP contribution in [0.4, 0.5) is 8.78 Å². The van der Waals surface area contributed by atoms with E-state index >= 15 is 0 Å². The highest BCUT2D eigenvalue weighted by atomic mass is 19.1. The molecular weight excluding hydrogens is 266 g/mol. The molecule has 0 atom stereocenters. The molecule has 20 heavy (non-hydrogen) atoms. The van der Waals surface area contributed by atoms with Crippen molar-refractivity contribution in [3.05, 3.63) is 59.2 Å². The molecule has 0 fully saturated rings. The molecule has 2 rings (SSSR count). The summed E-state index contributed by atoms with van der Waals surface area (Å²) in [5.41, 5.74) is 0.258. The largest absolute Gasteiger partial charge is 0.496 e. The van der Waals surface area contributed by atoms with Gasteiger partial charge in [-0.3, -0.25) is 4.79 Å². The first kappa shape index (κ1) is 14.0. The van der Waals surface area contributed by atoms with E-state index in [1.165, 1.54) is 38.5 Å². The molecule has 5 heteroatoms. The number of ether oxygens (including phenoxy) is 2. The molecular formula is C15H12F2O3. The third kappa shape index (κ3) is 2.61. The first-order chi connectivity index (χ1) is 9.56. The van der Waals surface area contributed by atoms with Gasteiger partial charge in [-0.2, -0.15) is 0 Å². The maximum absolute atomic E-state index is 13.3. The van der Waals surface area contributed by atoms with Gasteiger partial charge in [0.25, 0.3) is 0 Å². The molecule has 0 bridgehead atoms. The minimum atomic E-state index is -0.574. The first-order valence-electron chi connectivity index (χ1n) is 5.78. The molecule has 0 unspecified atom stereocenters. The van der Waals surface area contributed by atoms with Crippen molar-refractivity contribution in [2.75, 3.05) is 14.2 Å². The van der Waals surface area contributed by atoms with Crippen molar-refractivity contribution in [3.8, 4) is 11.5 Å². The quantitative estimate of drug-likeness (QED) is 0.806. The number of hydrogen-bond donors (Lipinski definition) is 0. The Bertz CT molecular complexity index is 654. The van der Waals surface area contributed by atoms with Gasteiger partial charge < -0.3 is 9.47 Å². The fourth-order valence-corrected chi connectivity index (χ4v) is 1.81. The lowest BCUT2D eigenvalue weighted by molar-refractivity contribution is 0.103. The summed E-state index contributed by atoms with van der Waals surface area (Å²) in [6.45, 7) is 0. The maximum atomic E-state index is 13.3. The van der Waals surface area contributed by atoms with Crippen LogP contribution in [0.1, 0.15) is 15.9 Å². The molecule has 0 aliphatic rings. The van der Waals surface area contributed by atoms with Gasteiger partial charge >= 0.3 is 0 Å². The van der Waals surface area contributed by atoms with Crippen LogP contribution in [-0.4, -0.2) is 20.0 Å². The van der Waals surface area contributed by atoms with E-state index in [0.717, 1.165) is 12.1 Å². The molecule has 104 valence electrons. The van der Waals surface area contributed by atoms with Gasteiger partial charge in [-0.25, -0.2) is 8.78 Å². The van der Waals surface area contributed by atoms with Crippen LogP contribution in [0.3, 0.4) is 0 Å². The van der Waals surface area contributed by atoms with Gasteiger partial charge in [-0.15, -0.1) is 0 Å². The summed E-state index contributed by atoms with van der Waals surface area (Å²) >= 11 is 0. The Labute approximate surface area is 114 Å². The predicted molar refractivity (Wildman–Crippen MR) is 69.3 cm³/mol. The Morgan fingerprint density at radius 2 is 1.65 bits per heavy atom. The van der Waals surface area contributed by atoms with E-state index in [0.29, 0.717) is 0 Å². The van der Waals surface area contributed by atoms with Crippen LogP contribution in [0, 0.1) is 11.6 Å². The minimum Gasteiger partial charge on any atom is -0.496 e. The third-order valence-corrected chi connectivity index (χ3v) is 2.82. The highest BCUT2D eigenvalue weighted by molar-refractivity contribution is 6.10. The number of ketones is 1. The molecule has 2 aromatic carbocycles. The average Bonchev–Trinajstić information content (AvgIpc) is 2.47. The fourth-order valence-electron chi connectivity index (χ4n) is 1.81. The van der Waals surface area contributed by atoms with Crippen LogP contribution in [0.5, 0.6) is 11.5 Å². The molecule has 0 aliphatic carbocycles. The van der Waals surface area contributed by atoms with Crippen LogP contribution in [0.25, 0.3) is 0 Å². The topological polar surface area (TPSA) is 35.5 Å². The number of carbonyl (C=O) groups excluding carboxylic acids is 1. The summed E-state index contributed by atoms with van der Waals surface area (Å²) in [5.74, 6) is -1.40. The van der Waals surface area contributed by atoms with Gasteiger partial charge in [-0.05, 0) is 36.4 Å². The summed E-state index contributed by atoms with van der Waals surface area (Å²) in [6, 6.07) is 7.34. The summed E-state index contributed by atoms with van der Waals surface area (Å²) < 4.78 is 36.5. The Morgan fingerprint density at radius 3 is 2.30 bits per heavy atom. The number of carbonyl (C=O) groups is 1. The van der Waals surface area contributed by atoms with Crippen molar-refractivity contribution < 1.29 is 23.0 Å². The number of benzene rings is 2. The smallest absolute Gasteiger partial charge is 0.196 e. The lowest BCUT2D eigenvalue weighted by Gasteiger charge is -2.09. The van der Waals surface area contributed by atoms with Gasteiger partial charge in [0.1, 0.15) is 11.6 Å². The Balaban J connectivity index is 2.48. The average molecular weight is 278 g/mol. The highest BCUT2D eigenvalue weighted by Crippen LogP contribution is 2.25. The second-order valence-corrected chi connectivity index (χ2v) is 4.02. The molecule has 0 saturated carbocycles. The predicted octanol–water partition coefficient (Wildman–Crippen LogP) is 3.21. The van der Waals surface area contributed by atoms with Gasteiger partial charge in [0.15, 0.2) is 17.3 Å². The number of rotatable bonds is 4. The molecule has 0 amide bonds. The lowest BCUT2D eigenvalue weighted by Crippen LogP contribution is -2.05. The molecule has 0 saturated heterocycles. The highest BCUT2D eigenvalue weighted by Gasteiger charge is 2.17. The summed E-state index contributed by atoms with van der Waals surface area (Å²) in [5, 5.41) is 0. The molecule has 0 aromatic heterocycles. The van der Waals surface area contributed by atoms with E-state index in [2.05, 4.69) is 0 Å². The van der Waals surface area contributed by atoms with Crippen molar-refractivity contribution in [1.82, 2.24) is 0 Å².